The van der Waals surface area contributed by atoms with Crippen molar-refractivity contribution in [2.75, 3.05) is 26.3 Å². The van der Waals surface area contributed by atoms with Gasteiger partial charge in [0.15, 0.2) is 0 Å². The van der Waals surface area contributed by atoms with Crippen LogP contribution in [0, 0.1) is 0 Å². The average Bonchev–Trinajstić information content (AvgIpc) is 3.01. The van der Waals surface area contributed by atoms with Crippen molar-refractivity contribution < 1.29 is 38.2 Å². The first-order valence-corrected chi connectivity index (χ1v) is 10.1. The van der Waals surface area contributed by atoms with Gasteiger partial charge in [-0.2, -0.15) is 0 Å². The van der Waals surface area contributed by atoms with Crippen LogP contribution < -0.4 is 10.6 Å². The molecule has 0 aromatic rings. The quantitative estimate of drug-likeness (QED) is 0.204. The van der Waals surface area contributed by atoms with Crippen LogP contribution in [0.3, 0.4) is 0 Å². The van der Waals surface area contributed by atoms with Crippen LogP contribution in [0.4, 0.5) is 9.59 Å². The fourth-order valence-electron chi connectivity index (χ4n) is 3.07. The summed E-state index contributed by atoms with van der Waals surface area (Å²) >= 11 is 0. The molecule has 12 heteroatoms. The van der Waals surface area contributed by atoms with Crippen LogP contribution in [0.25, 0.3) is 0 Å². The second-order valence-corrected chi connectivity index (χ2v) is 8.40. The zero-order chi connectivity index (χ0) is 24.1. The van der Waals surface area contributed by atoms with Crippen LogP contribution in [0.5, 0.6) is 0 Å². The molecule has 0 atom stereocenters. The molecular formula is C20H28N4O8. The van der Waals surface area contributed by atoms with Gasteiger partial charge in [0.1, 0.15) is 11.1 Å². The number of esters is 2. The fraction of sp³-hybridized carbons (Fsp3) is 0.600. The van der Waals surface area contributed by atoms with E-state index in [0.717, 1.165) is 22.0 Å². The van der Waals surface area contributed by atoms with E-state index in [2.05, 4.69) is 10.6 Å². The molecule has 2 N–H and O–H groups in total. The molecule has 176 valence electrons. The van der Waals surface area contributed by atoms with E-state index >= 15 is 0 Å². The van der Waals surface area contributed by atoms with Crippen molar-refractivity contribution in [2.24, 2.45) is 0 Å². The van der Waals surface area contributed by atoms with Gasteiger partial charge in [0.2, 0.25) is 0 Å². The molecule has 6 amide bonds. The van der Waals surface area contributed by atoms with E-state index in [1.807, 2.05) is 0 Å². The van der Waals surface area contributed by atoms with Gasteiger partial charge in [-0.05, 0) is 40.5 Å². The summed E-state index contributed by atoms with van der Waals surface area (Å²) in [6.07, 6.45) is 2.30. The third-order valence-electron chi connectivity index (χ3n) is 4.79. The van der Waals surface area contributed by atoms with Gasteiger partial charge >= 0.3 is 24.0 Å². The molecule has 0 radical (unpaired) electrons. The van der Waals surface area contributed by atoms with Crippen LogP contribution in [0.1, 0.15) is 40.5 Å². The lowest BCUT2D eigenvalue weighted by Gasteiger charge is -2.15. The Morgan fingerprint density at radius 1 is 0.750 bits per heavy atom. The van der Waals surface area contributed by atoms with Crippen molar-refractivity contribution in [3.8, 4) is 0 Å². The van der Waals surface area contributed by atoms with E-state index in [-0.39, 0.29) is 51.0 Å². The maximum Gasteiger partial charge on any atom is 0.331 e. The summed E-state index contributed by atoms with van der Waals surface area (Å²) in [5.74, 6) is -2.26. The van der Waals surface area contributed by atoms with E-state index in [1.54, 1.807) is 27.7 Å². The summed E-state index contributed by atoms with van der Waals surface area (Å²) < 4.78 is 9.84. The number of carbonyl (C=O) groups excluding carboxylic acids is 6. The number of nitrogens with one attached hydrogen (secondary N) is 2. The first kappa shape index (κ1) is 24.8. The van der Waals surface area contributed by atoms with Crippen LogP contribution in [0.2, 0.25) is 0 Å². The Labute approximate surface area is 185 Å². The first-order valence-electron chi connectivity index (χ1n) is 10.1. The molecule has 32 heavy (non-hydrogen) atoms. The summed E-state index contributed by atoms with van der Waals surface area (Å²) in [5, 5.41) is 5.10. The van der Waals surface area contributed by atoms with E-state index in [1.165, 1.54) is 0 Å². The Balaban J connectivity index is 1.60. The maximum absolute atomic E-state index is 12.0. The Hall–Kier alpha value is -3.44. The third kappa shape index (κ3) is 6.05. The van der Waals surface area contributed by atoms with Gasteiger partial charge < -0.3 is 20.1 Å². The van der Waals surface area contributed by atoms with Gasteiger partial charge in [-0.1, -0.05) is 0 Å². The zero-order valence-corrected chi connectivity index (χ0v) is 18.6. The minimum atomic E-state index is -0.954. The topological polar surface area (TPSA) is 151 Å². The SMILES string of the molecule is CC1(C)NC(=O)N(CCCOC(=O)/C=C/C(=O)OCCCN2C(=O)NC(C)(C)C2=O)C1=O. The van der Waals surface area contributed by atoms with Crippen LogP contribution in [-0.4, -0.2) is 83.0 Å². The zero-order valence-electron chi connectivity index (χ0n) is 18.6. The molecule has 0 aromatic heterocycles. The molecular weight excluding hydrogens is 424 g/mol. The molecule has 12 nitrogen and oxygen atoms in total. The third-order valence-corrected chi connectivity index (χ3v) is 4.79. The lowest BCUT2D eigenvalue weighted by Crippen LogP contribution is -2.40. The van der Waals surface area contributed by atoms with Gasteiger partial charge in [0, 0.05) is 25.2 Å². The second-order valence-electron chi connectivity index (χ2n) is 8.40. The van der Waals surface area contributed by atoms with Crippen molar-refractivity contribution in [1.82, 2.24) is 20.4 Å². The van der Waals surface area contributed by atoms with E-state index in [0.29, 0.717) is 0 Å². The standard InChI is InChI=1S/C20H28N4O8/c1-19(2)15(27)23(17(29)21-19)9-5-11-31-13(25)7-8-14(26)32-12-6-10-24-16(28)20(3,4)22-18(24)30/h7-8H,5-6,9-12H2,1-4H3,(H,21,29)(H,22,30)/b8-7+. The number of amides is 6. The van der Waals surface area contributed by atoms with Crippen molar-refractivity contribution in [2.45, 2.75) is 51.6 Å². The van der Waals surface area contributed by atoms with Gasteiger partial charge in [-0.25, -0.2) is 19.2 Å². The Kier molecular flexibility index (Phi) is 7.60. The van der Waals surface area contributed by atoms with Gasteiger partial charge in [-0.3, -0.25) is 19.4 Å². The molecule has 0 aromatic carbocycles. The number of ether oxygens (including phenoxy) is 2. The highest BCUT2D eigenvalue weighted by Crippen LogP contribution is 2.17. The molecule has 0 saturated carbocycles. The number of hydrogen-bond acceptors (Lipinski definition) is 8. The summed E-state index contributed by atoms with van der Waals surface area (Å²) in [6.45, 7) is 6.50. The molecule has 2 saturated heterocycles. The maximum atomic E-state index is 12.0. The monoisotopic (exact) mass is 452 g/mol. The van der Waals surface area contributed by atoms with Crippen molar-refractivity contribution in [1.29, 1.82) is 0 Å². The van der Waals surface area contributed by atoms with E-state index in [9.17, 15) is 28.8 Å². The first-order chi connectivity index (χ1) is 14.8. The molecule has 0 spiro atoms. The summed E-state index contributed by atoms with van der Waals surface area (Å²) in [4.78, 5) is 72.9. The highest BCUT2D eigenvalue weighted by atomic mass is 16.5. The van der Waals surface area contributed by atoms with E-state index < -0.39 is 35.1 Å². The summed E-state index contributed by atoms with van der Waals surface area (Å²) in [6, 6.07) is -0.986. The number of carbonyl (C=O) groups is 6. The lowest BCUT2D eigenvalue weighted by molar-refractivity contribution is -0.140. The Morgan fingerprint density at radius 3 is 1.38 bits per heavy atom. The molecule has 0 unspecified atom stereocenters. The number of hydrogen-bond donors (Lipinski definition) is 2. The Morgan fingerprint density at radius 2 is 1.09 bits per heavy atom. The number of urea groups is 2. The number of imide groups is 2. The average molecular weight is 452 g/mol. The van der Waals surface area contributed by atoms with Crippen LogP contribution in [-0.2, 0) is 28.7 Å². The largest absolute Gasteiger partial charge is 0.462 e. The van der Waals surface area contributed by atoms with Gasteiger partial charge in [0.25, 0.3) is 11.8 Å². The fourth-order valence-corrected chi connectivity index (χ4v) is 3.07. The minimum absolute atomic E-state index is 0.0437. The highest BCUT2D eigenvalue weighted by molar-refractivity contribution is 6.07. The summed E-state index contributed by atoms with van der Waals surface area (Å²) in [7, 11) is 0. The molecule has 2 heterocycles. The second kappa shape index (κ2) is 9.79. The number of rotatable bonds is 10. The normalized spacial score (nSPS) is 19.4. The molecule has 2 rings (SSSR count). The summed E-state index contributed by atoms with van der Waals surface area (Å²) in [5.41, 5.74) is -1.91. The molecule has 0 aliphatic carbocycles. The van der Waals surface area contributed by atoms with Crippen molar-refractivity contribution in [3.63, 3.8) is 0 Å². The lowest BCUT2D eigenvalue weighted by atomic mass is 10.1. The molecule has 2 fully saturated rings. The van der Waals surface area contributed by atoms with Crippen molar-refractivity contribution >= 4 is 35.8 Å². The van der Waals surface area contributed by atoms with Gasteiger partial charge in [0.05, 0.1) is 13.2 Å². The predicted octanol–water partition coefficient (Wildman–Crippen LogP) is 0.0700. The van der Waals surface area contributed by atoms with Gasteiger partial charge in [-0.15, -0.1) is 0 Å². The minimum Gasteiger partial charge on any atom is -0.462 e. The Bertz CT molecular complexity index is 781. The molecule has 2 aliphatic heterocycles. The molecule has 2 aliphatic rings. The van der Waals surface area contributed by atoms with E-state index in [4.69, 9.17) is 9.47 Å². The molecule has 0 bridgehead atoms. The number of nitrogens with zero attached hydrogens (tertiary/aromatic N) is 2. The van der Waals surface area contributed by atoms with Crippen LogP contribution >= 0.6 is 0 Å². The highest BCUT2D eigenvalue weighted by Gasteiger charge is 2.44. The van der Waals surface area contributed by atoms with Crippen LogP contribution in [0.15, 0.2) is 12.2 Å². The van der Waals surface area contributed by atoms with Crippen molar-refractivity contribution in [3.05, 3.63) is 12.2 Å². The predicted molar refractivity (Wildman–Crippen MR) is 109 cm³/mol. The smallest absolute Gasteiger partial charge is 0.331 e.